The standard InChI is InChI=1S/C24H24N2O2S/c1-16-9-7-8-12-20(16)22(18-10-5-4-6-11-18)26-24(29)25-21-15-19(23(27)28-3)14-13-17(21)2/h4-15,22H,1-3H3,(H2,25,26,29). The number of nitrogens with one attached hydrogen (secondary N) is 2. The Bertz CT molecular complexity index is 1020. The van der Waals surface area contributed by atoms with Crippen LogP contribution in [0.15, 0.2) is 72.8 Å². The number of ether oxygens (including phenoxy) is 1. The number of rotatable bonds is 5. The highest BCUT2D eigenvalue weighted by molar-refractivity contribution is 7.80. The van der Waals surface area contributed by atoms with Crippen molar-refractivity contribution in [3.05, 3.63) is 101 Å². The Hall–Kier alpha value is -3.18. The summed E-state index contributed by atoms with van der Waals surface area (Å²) in [5.41, 5.74) is 5.67. The molecule has 3 rings (SSSR count). The minimum absolute atomic E-state index is 0.0958. The molecule has 0 aromatic heterocycles. The van der Waals surface area contributed by atoms with Crippen LogP contribution in [0.2, 0.25) is 0 Å². The monoisotopic (exact) mass is 404 g/mol. The molecular formula is C24H24N2O2S. The van der Waals surface area contributed by atoms with E-state index in [1.54, 1.807) is 12.1 Å². The predicted molar refractivity (Wildman–Crippen MR) is 121 cm³/mol. The summed E-state index contributed by atoms with van der Waals surface area (Å²) in [5, 5.41) is 7.14. The molecule has 0 heterocycles. The lowest BCUT2D eigenvalue weighted by Gasteiger charge is -2.24. The Kier molecular flexibility index (Phi) is 6.62. The lowest BCUT2D eigenvalue weighted by molar-refractivity contribution is 0.0601. The van der Waals surface area contributed by atoms with Gasteiger partial charge in [-0.1, -0.05) is 60.7 Å². The molecule has 5 heteroatoms. The number of hydrogen-bond acceptors (Lipinski definition) is 3. The zero-order valence-corrected chi connectivity index (χ0v) is 17.5. The average Bonchev–Trinajstić information content (AvgIpc) is 2.74. The zero-order chi connectivity index (χ0) is 20.8. The van der Waals surface area contributed by atoms with Gasteiger partial charge in [-0.2, -0.15) is 0 Å². The summed E-state index contributed by atoms with van der Waals surface area (Å²) < 4.78 is 4.81. The van der Waals surface area contributed by atoms with Crippen LogP contribution >= 0.6 is 12.2 Å². The highest BCUT2D eigenvalue weighted by atomic mass is 32.1. The van der Waals surface area contributed by atoms with Gasteiger partial charge in [0.05, 0.1) is 18.7 Å². The average molecular weight is 405 g/mol. The van der Waals surface area contributed by atoms with Crippen LogP contribution in [0.5, 0.6) is 0 Å². The third kappa shape index (κ3) is 5.00. The Balaban J connectivity index is 1.87. The topological polar surface area (TPSA) is 50.4 Å². The van der Waals surface area contributed by atoms with Crippen LogP contribution in [0, 0.1) is 13.8 Å². The fourth-order valence-electron chi connectivity index (χ4n) is 3.19. The van der Waals surface area contributed by atoms with Crippen molar-refractivity contribution in [1.29, 1.82) is 0 Å². The van der Waals surface area contributed by atoms with E-state index in [1.165, 1.54) is 12.7 Å². The van der Waals surface area contributed by atoms with Gasteiger partial charge in [0, 0.05) is 5.69 Å². The molecule has 0 saturated carbocycles. The summed E-state index contributed by atoms with van der Waals surface area (Å²) in [6, 6.07) is 23.7. The van der Waals surface area contributed by atoms with E-state index in [4.69, 9.17) is 17.0 Å². The van der Waals surface area contributed by atoms with E-state index in [-0.39, 0.29) is 12.0 Å². The quantitative estimate of drug-likeness (QED) is 0.454. The van der Waals surface area contributed by atoms with Gasteiger partial charge in [0.15, 0.2) is 5.11 Å². The molecule has 148 valence electrons. The molecule has 0 aliphatic carbocycles. The van der Waals surface area contributed by atoms with Gasteiger partial charge in [-0.3, -0.25) is 0 Å². The molecule has 1 unspecified atom stereocenters. The largest absolute Gasteiger partial charge is 0.465 e. The summed E-state index contributed by atoms with van der Waals surface area (Å²) in [4.78, 5) is 11.8. The summed E-state index contributed by atoms with van der Waals surface area (Å²) in [5.74, 6) is -0.381. The predicted octanol–water partition coefficient (Wildman–Crippen LogP) is 5.17. The van der Waals surface area contributed by atoms with E-state index in [0.717, 1.165) is 22.4 Å². The van der Waals surface area contributed by atoms with Gasteiger partial charge in [-0.05, 0) is 60.5 Å². The minimum Gasteiger partial charge on any atom is -0.465 e. The smallest absolute Gasteiger partial charge is 0.337 e. The SMILES string of the molecule is COC(=O)c1ccc(C)c(NC(=S)NC(c2ccccc2)c2ccccc2C)c1. The summed E-state index contributed by atoms with van der Waals surface area (Å²) in [6.45, 7) is 4.05. The van der Waals surface area contributed by atoms with Gasteiger partial charge in [0.1, 0.15) is 0 Å². The number of hydrogen-bond donors (Lipinski definition) is 2. The molecule has 0 aliphatic heterocycles. The third-order valence-electron chi connectivity index (χ3n) is 4.81. The van der Waals surface area contributed by atoms with Crippen LogP contribution in [0.25, 0.3) is 0 Å². The molecule has 0 radical (unpaired) electrons. The molecule has 0 bridgehead atoms. The third-order valence-corrected chi connectivity index (χ3v) is 5.03. The molecule has 0 aliphatic rings. The molecule has 3 aromatic rings. The number of anilines is 1. The molecular weight excluding hydrogens is 380 g/mol. The summed E-state index contributed by atoms with van der Waals surface area (Å²) in [7, 11) is 1.37. The molecule has 0 fully saturated rings. The second-order valence-electron chi connectivity index (χ2n) is 6.82. The molecule has 0 spiro atoms. The van der Waals surface area contributed by atoms with E-state index >= 15 is 0 Å². The number of aryl methyl sites for hydroxylation is 2. The van der Waals surface area contributed by atoms with Crippen molar-refractivity contribution < 1.29 is 9.53 Å². The van der Waals surface area contributed by atoms with E-state index in [9.17, 15) is 4.79 Å². The molecule has 2 N–H and O–H groups in total. The van der Waals surface area contributed by atoms with Gasteiger partial charge >= 0.3 is 5.97 Å². The first kappa shape index (κ1) is 20.6. The zero-order valence-electron chi connectivity index (χ0n) is 16.7. The van der Waals surface area contributed by atoms with Crippen molar-refractivity contribution in [2.24, 2.45) is 0 Å². The lowest BCUT2D eigenvalue weighted by atomic mass is 9.95. The summed E-state index contributed by atoms with van der Waals surface area (Å²) in [6.07, 6.45) is 0. The Morgan fingerprint density at radius 2 is 1.62 bits per heavy atom. The Morgan fingerprint density at radius 3 is 2.31 bits per heavy atom. The molecule has 29 heavy (non-hydrogen) atoms. The number of esters is 1. The molecule has 0 saturated heterocycles. The van der Waals surface area contributed by atoms with Gasteiger partial charge in [0.25, 0.3) is 0 Å². The van der Waals surface area contributed by atoms with Crippen LogP contribution in [0.1, 0.15) is 38.7 Å². The number of methoxy groups -OCH3 is 1. The fraction of sp³-hybridized carbons (Fsp3) is 0.167. The van der Waals surface area contributed by atoms with Crippen molar-refractivity contribution >= 4 is 29.0 Å². The normalized spacial score (nSPS) is 11.4. The van der Waals surface area contributed by atoms with Crippen LogP contribution in [0.4, 0.5) is 5.69 Å². The molecule has 3 aromatic carbocycles. The van der Waals surface area contributed by atoms with Gasteiger partial charge < -0.3 is 15.4 Å². The Morgan fingerprint density at radius 1 is 0.931 bits per heavy atom. The fourth-order valence-corrected chi connectivity index (χ4v) is 3.42. The maximum absolute atomic E-state index is 11.8. The van der Waals surface area contributed by atoms with Crippen molar-refractivity contribution in [2.45, 2.75) is 19.9 Å². The summed E-state index contributed by atoms with van der Waals surface area (Å²) >= 11 is 5.61. The maximum Gasteiger partial charge on any atom is 0.337 e. The number of carbonyl (C=O) groups is 1. The van der Waals surface area contributed by atoms with Crippen molar-refractivity contribution in [1.82, 2.24) is 5.32 Å². The second-order valence-corrected chi connectivity index (χ2v) is 7.23. The van der Waals surface area contributed by atoms with Crippen molar-refractivity contribution in [3.8, 4) is 0 Å². The van der Waals surface area contributed by atoms with Gasteiger partial charge in [-0.25, -0.2) is 4.79 Å². The van der Waals surface area contributed by atoms with Gasteiger partial charge in [-0.15, -0.1) is 0 Å². The number of carbonyl (C=O) groups excluding carboxylic acids is 1. The second kappa shape index (κ2) is 9.34. The lowest BCUT2D eigenvalue weighted by Crippen LogP contribution is -2.33. The van der Waals surface area contributed by atoms with Crippen LogP contribution < -0.4 is 10.6 Å². The van der Waals surface area contributed by atoms with Crippen molar-refractivity contribution in [3.63, 3.8) is 0 Å². The number of thiocarbonyl (C=S) groups is 1. The van der Waals surface area contributed by atoms with E-state index in [0.29, 0.717) is 10.7 Å². The van der Waals surface area contributed by atoms with Crippen molar-refractivity contribution in [2.75, 3.05) is 12.4 Å². The van der Waals surface area contributed by atoms with Crippen LogP contribution in [0.3, 0.4) is 0 Å². The van der Waals surface area contributed by atoms with Gasteiger partial charge in [0.2, 0.25) is 0 Å². The molecule has 0 amide bonds. The maximum atomic E-state index is 11.8. The van der Waals surface area contributed by atoms with E-state index in [1.807, 2.05) is 43.3 Å². The number of benzene rings is 3. The Labute approximate surface area is 176 Å². The highest BCUT2D eigenvalue weighted by Crippen LogP contribution is 2.25. The van der Waals surface area contributed by atoms with Crippen LogP contribution in [-0.4, -0.2) is 18.2 Å². The first-order valence-corrected chi connectivity index (χ1v) is 9.77. The highest BCUT2D eigenvalue weighted by Gasteiger charge is 2.17. The van der Waals surface area contributed by atoms with E-state index in [2.05, 4.69) is 41.8 Å². The van der Waals surface area contributed by atoms with E-state index < -0.39 is 0 Å². The first-order chi connectivity index (χ1) is 14.0. The first-order valence-electron chi connectivity index (χ1n) is 9.36. The minimum atomic E-state index is -0.381. The molecule has 4 nitrogen and oxygen atoms in total. The van der Waals surface area contributed by atoms with Crippen LogP contribution in [-0.2, 0) is 4.74 Å². The molecule has 1 atom stereocenters.